The molecule has 0 spiro atoms. The van der Waals surface area contributed by atoms with Crippen LogP contribution in [0.2, 0.25) is 0 Å². The number of carbonyl (C=O) groups is 1. The highest BCUT2D eigenvalue weighted by molar-refractivity contribution is 5.82. The van der Waals surface area contributed by atoms with Crippen molar-refractivity contribution in [2.24, 2.45) is 5.73 Å². The average Bonchev–Trinajstić information content (AvgIpc) is 2.37. The van der Waals surface area contributed by atoms with Gasteiger partial charge in [0.05, 0.1) is 0 Å². The van der Waals surface area contributed by atoms with Gasteiger partial charge in [-0.3, -0.25) is 9.69 Å². The highest BCUT2D eigenvalue weighted by atomic mass is 16.2. The highest BCUT2D eigenvalue weighted by Gasteiger charge is 2.29. The molecule has 0 aliphatic carbocycles. The maximum Gasteiger partial charge on any atom is 0.240 e. The largest absolute Gasteiger partial charge is 0.344 e. The third-order valence-corrected chi connectivity index (χ3v) is 3.06. The van der Waals surface area contributed by atoms with Crippen molar-refractivity contribution in [1.82, 2.24) is 9.80 Å². The second kappa shape index (κ2) is 6.08. The Morgan fingerprint density at radius 1 is 1.47 bits per heavy atom. The predicted molar refractivity (Wildman–Crippen MR) is 61.6 cm³/mol. The Balaban J connectivity index is 2.62. The molecule has 1 fully saturated rings. The van der Waals surface area contributed by atoms with E-state index < -0.39 is 0 Å². The van der Waals surface area contributed by atoms with Crippen LogP contribution in [0.15, 0.2) is 0 Å². The minimum absolute atomic E-state index is 0.0935. The van der Waals surface area contributed by atoms with Gasteiger partial charge in [-0.1, -0.05) is 13.3 Å². The van der Waals surface area contributed by atoms with Crippen molar-refractivity contribution >= 4 is 5.91 Å². The molecule has 1 unspecified atom stereocenters. The summed E-state index contributed by atoms with van der Waals surface area (Å²) in [4.78, 5) is 16.0. The number of rotatable bonds is 4. The standard InChI is InChI=1S/C11H23N3O/c1-3-4-7-14-8-5-6-13(2)11(15)10(14)9-12/h10H,3-9,12H2,1-2H3. The van der Waals surface area contributed by atoms with E-state index in [1.165, 1.54) is 0 Å². The summed E-state index contributed by atoms with van der Waals surface area (Å²) in [6.07, 6.45) is 3.37. The lowest BCUT2D eigenvalue weighted by atomic mass is 10.2. The molecule has 1 aliphatic rings. The number of amides is 1. The second-order valence-corrected chi connectivity index (χ2v) is 4.25. The molecule has 1 aliphatic heterocycles. The van der Waals surface area contributed by atoms with Crippen molar-refractivity contribution in [1.29, 1.82) is 0 Å². The fourth-order valence-corrected chi connectivity index (χ4v) is 2.07. The molecule has 0 aromatic carbocycles. The first-order valence-corrected chi connectivity index (χ1v) is 5.89. The Morgan fingerprint density at radius 3 is 2.80 bits per heavy atom. The van der Waals surface area contributed by atoms with Gasteiger partial charge in [0.1, 0.15) is 6.04 Å². The van der Waals surface area contributed by atoms with Gasteiger partial charge in [0.25, 0.3) is 0 Å². The molecule has 1 atom stereocenters. The minimum atomic E-state index is -0.0935. The van der Waals surface area contributed by atoms with E-state index in [9.17, 15) is 4.79 Å². The molecular weight excluding hydrogens is 190 g/mol. The summed E-state index contributed by atoms with van der Waals surface area (Å²) in [5, 5.41) is 0. The maximum atomic E-state index is 12.0. The van der Waals surface area contributed by atoms with Crippen LogP contribution in [0.25, 0.3) is 0 Å². The van der Waals surface area contributed by atoms with Crippen molar-refractivity contribution in [3.63, 3.8) is 0 Å². The SMILES string of the molecule is CCCCN1CCCN(C)C(=O)C1CN. The summed E-state index contributed by atoms with van der Waals surface area (Å²) >= 11 is 0. The average molecular weight is 213 g/mol. The third-order valence-electron chi connectivity index (χ3n) is 3.06. The predicted octanol–water partition coefficient (Wildman–Crippen LogP) is 0.278. The van der Waals surface area contributed by atoms with Gasteiger partial charge in [-0.05, 0) is 19.4 Å². The number of carbonyl (C=O) groups excluding carboxylic acids is 1. The molecule has 1 rings (SSSR count). The first-order valence-electron chi connectivity index (χ1n) is 5.89. The normalized spacial score (nSPS) is 24.3. The number of hydrogen-bond acceptors (Lipinski definition) is 3. The van der Waals surface area contributed by atoms with Crippen LogP contribution >= 0.6 is 0 Å². The van der Waals surface area contributed by atoms with Gasteiger partial charge in [-0.15, -0.1) is 0 Å². The van der Waals surface area contributed by atoms with Crippen LogP contribution in [0.1, 0.15) is 26.2 Å². The van der Waals surface area contributed by atoms with Crippen LogP contribution < -0.4 is 5.73 Å². The molecule has 0 aromatic rings. The number of hydrogen-bond donors (Lipinski definition) is 1. The molecule has 88 valence electrons. The number of nitrogens with zero attached hydrogens (tertiary/aromatic N) is 2. The van der Waals surface area contributed by atoms with Crippen molar-refractivity contribution in [3.8, 4) is 0 Å². The van der Waals surface area contributed by atoms with Gasteiger partial charge in [-0.25, -0.2) is 0 Å². The number of likely N-dealkylation sites (N-methyl/N-ethyl adjacent to an activating group) is 1. The lowest BCUT2D eigenvalue weighted by Gasteiger charge is -2.28. The molecule has 0 aromatic heterocycles. The van der Waals surface area contributed by atoms with Crippen LogP contribution in [0.3, 0.4) is 0 Å². The zero-order valence-electron chi connectivity index (χ0n) is 9.91. The van der Waals surface area contributed by atoms with Gasteiger partial charge >= 0.3 is 0 Å². The topological polar surface area (TPSA) is 49.6 Å². The third kappa shape index (κ3) is 3.18. The molecule has 1 amide bonds. The molecule has 2 N–H and O–H groups in total. The molecule has 4 nitrogen and oxygen atoms in total. The molecular formula is C11H23N3O. The summed E-state index contributed by atoms with van der Waals surface area (Å²) in [5.74, 6) is 0.186. The summed E-state index contributed by atoms with van der Waals surface area (Å²) in [6, 6.07) is -0.0935. The van der Waals surface area contributed by atoms with Gasteiger partial charge in [0, 0.05) is 26.7 Å². The van der Waals surface area contributed by atoms with Crippen LogP contribution in [0, 0.1) is 0 Å². The van der Waals surface area contributed by atoms with Gasteiger partial charge in [-0.2, -0.15) is 0 Å². The van der Waals surface area contributed by atoms with Gasteiger partial charge in [0.2, 0.25) is 5.91 Å². The summed E-state index contributed by atoms with van der Waals surface area (Å²) in [5.41, 5.74) is 5.70. The quantitative estimate of drug-likeness (QED) is 0.729. The van der Waals surface area contributed by atoms with E-state index in [-0.39, 0.29) is 11.9 Å². The molecule has 4 heteroatoms. The van der Waals surface area contributed by atoms with E-state index in [4.69, 9.17) is 5.73 Å². The van der Waals surface area contributed by atoms with Gasteiger partial charge in [0.15, 0.2) is 0 Å². The molecule has 0 bridgehead atoms. The smallest absolute Gasteiger partial charge is 0.240 e. The first-order chi connectivity index (χ1) is 7.20. The van der Waals surface area contributed by atoms with Crippen molar-refractivity contribution in [3.05, 3.63) is 0 Å². The Kier molecular flexibility index (Phi) is 5.05. The monoisotopic (exact) mass is 213 g/mol. The fourth-order valence-electron chi connectivity index (χ4n) is 2.07. The molecule has 1 heterocycles. The Morgan fingerprint density at radius 2 is 2.20 bits per heavy atom. The number of unbranched alkanes of at least 4 members (excludes halogenated alkanes) is 1. The highest BCUT2D eigenvalue weighted by Crippen LogP contribution is 2.10. The van der Waals surface area contributed by atoms with Crippen LogP contribution in [0.4, 0.5) is 0 Å². The van der Waals surface area contributed by atoms with Crippen LogP contribution in [0.5, 0.6) is 0 Å². The van der Waals surface area contributed by atoms with E-state index in [0.29, 0.717) is 6.54 Å². The lowest BCUT2D eigenvalue weighted by molar-refractivity contribution is -0.133. The summed E-state index contributed by atoms with van der Waals surface area (Å²) in [7, 11) is 1.87. The molecule has 0 radical (unpaired) electrons. The maximum absolute atomic E-state index is 12.0. The summed E-state index contributed by atoms with van der Waals surface area (Å²) in [6.45, 7) is 5.46. The van der Waals surface area contributed by atoms with E-state index in [1.807, 2.05) is 11.9 Å². The Bertz CT molecular complexity index is 206. The van der Waals surface area contributed by atoms with Crippen molar-refractivity contribution in [2.45, 2.75) is 32.2 Å². The van der Waals surface area contributed by atoms with Crippen LogP contribution in [-0.2, 0) is 4.79 Å². The molecule has 0 saturated carbocycles. The zero-order valence-corrected chi connectivity index (χ0v) is 9.91. The van der Waals surface area contributed by atoms with Crippen LogP contribution in [-0.4, -0.2) is 55.0 Å². The Labute approximate surface area is 92.4 Å². The fraction of sp³-hybridized carbons (Fsp3) is 0.909. The van der Waals surface area contributed by atoms with Crippen molar-refractivity contribution < 1.29 is 4.79 Å². The molecule has 15 heavy (non-hydrogen) atoms. The number of nitrogens with two attached hydrogens (primary N) is 1. The van der Waals surface area contributed by atoms with E-state index in [0.717, 1.165) is 38.9 Å². The van der Waals surface area contributed by atoms with E-state index in [2.05, 4.69) is 11.8 Å². The first kappa shape index (κ1) is 12.5. The Hall–Kier alpha value is -0.610. The van der Waals surface area contributed by atoms with E-state index in [1.54, 1.807) is 0 Å². The zero-order chi connectivity index (χ0) is 11.3. The van der Waals surface area contributed by atoms with Gasteiger partial charge < -0.3 is 10.6 Å². The van der Waals surface area contributed by atoms with Crippen molar-refractivity contribution in [2.75, 3.05) is 33.2 Å². The minimum Gasteiger partial charge on any atom is -0.344 e. The van der Waals surface area contributed by atoms with E-state index >= 15 is 0 Å². The lowest BCUT2D eigenvalue weighted by Crippen LogP contribution is -2.49. The molecule has 1 saturated heterocycles. The second-order valence-electron chi connectivity index (χ2n) is 4.25. The summed E-state index contributed by atoms with van der Waals surface area (Å²) < 4.78 is 0.